The molecule has 0 unspecified atom stereocenters. The Morgan fingerprint density at radius 1 is 1.15 bits per heavy atom. The van der Waals surface area contributed by atoms with E-state index in [1.54, 1.807) is 0 Å². The Hall–Kier alpha value is -1.03. The molecule has 0 spiro atoms. The molecule has 1 fully saturated rings. The molecule has 2 nitrogen and oxygen atoms in total. The van der Waals surface area contributed by atoms with E-state index in [4.69, 9.17) is 16.3 Å². The van der Waals surface area contributed by atoms with Gasteiger partial charge in [0.05, 0.1) is 5.02 Å². The van der Waals surface area contributed by atoms with Crippen molar-refractivity contribution in [1.82, 2.24) is 5.32 Å². The van der Waals surface area contributed by atoms with Gasteiger partial charge in [-0.15, -0.1) is 0 Å². The predicted molar refractivity (Wildman–Crippen MR) is 85.5 cm³/mol. The molecule has 0 radical (unpaired) electrons. The number of hydrogen-bond donors (Lipinski definition) is 1. The minimum Gasteiger partial charge on any atom is -0.456 e. The van der Waals surface area contributed by atoms with Crippen molar-refractivity contribution >= 4 is 27.5 Å². The van der Waals surface area contributed by atoms with Crippen molar-refractivity contribution in [2.45, 2.75) is 25.4 Å². The molecule has 1 aliphatic carbocycles. The molecule has 0 heterocycles. The highest BCUT2D eigenvalue weighted by Gasteiger charge is 2.19. The number of hydrogen-bond acceptors (Lipinski definition) is 2. The van der Waals surface area contributed by atoms with Gasteiger partial charge in [-0.25, -0.2) is 0 Å². The van der Waals surface area contributed by atoms with Crippen molar-refractivity contribution in [2.24, 2.45) is 0 Å². The first kappa shape index (κ1) is 13.9. The van der Waals surface area contributed by atoms with Gasteiger partial charge < -0.3 is 10.1 Å². The third-order valence-electron chi connectivity index (χ3n) is 3.22. The molecule has 0 aromatic heterocycles. The fourth-order valence-electron chi connectivity index (χ4n) is 1.91. The maximum Gasteiger partial charge on any atom is 0.147 e. The van der Waals surface area contributed by atoms with E-state index in [0.29, 0.717) is 10.8 Å². The molecule has 104 valence electrons. The van der Waals surface area contributed by atoms with Gasteiger partial charge in [-0.2, -0.15) is 0 Å². The van der Waals surface area contributed by atoms with E-state index in [0.717, 1.165) is 22.8 Å². The van der Waals surface area contributed by atoms with Crippen molar-refractivity contribution in [3.05, 3.63) is 57.5 Å². The lowest BCUT2D eigenvalue weighted by atomic mass is 10.2. The molecule has 2 aromatic rings. The van der Waals surface area contributed by atoms with Gasteiger partial charge in [-0.3, -0.25) is 0 Å². The molecule has 1 aliphatic rings. The highest BCUT2D eigenvalue weighted by molar-refractivity contribution is 9.10. The van der Waals surface area contributed by atoms with Crippen LogP contribution < -0.4 is 10.1 Å². The van der Waals surface area contributed by atoms with Crippen LogP contribution in [0.3, 0.4) is 0 Å². The second-order valence-corrected chi connectivity index (χ2v) is 6.30. The summed E-state index contributed by atoms with van der Waals surface area (Å²) in [7, 11) is 0. The fourth-order valence-corrected chi connectivity index (χ4v) is 2.40. The maximum absolute atomic E-state index is 6.11. The highest BCUT2D eigenvalue weighted by Crippen LogP contribution is 2.32. The first-order valence-electron chi connectivity index (χ1n) is 6.66. The normalized spacial score (nSPS) is 14.3. The summed E-state index contributed by atoms with van der Waals surface area (Å²) in [6.45, 7) is 0.919. The van der Waals surface area contributed by atoms with Gasteiger partial charge in [-0.05, 0) is 48.7 Å². The summed E-state index contributed by atoms with van der Waals surface area (Å²) in [6.07, 6.45) is 2.62. The smallest absolute Gasteiger partial charge is 0.147 e. The van der Waals surface area contributed by atoms with Crippen LogP contribution in [0.5, 0.6) is 11.5 Å². The van der Waals surface area contributed by atoms with Crippen LogP contribution in [-0.4, -0.2) is 6.04 Å². The van der Waals surface area contributed by atoms with E-state index in [9.17, 15) is 0 Å². The molecule has 0 aliphatic heterocycles. The number of ether oxygens (including phenoxy) is 1. The molecule has 0 amide bonds. The third kappa shape index (κ3) is 3.75. The molecule has 0 atom stereocenters. The largest absolute Gasteiger partial charge is 0.456 e. The Morgan fingerprint density at radius 2 is 1.90 bits per heavy atom. The summed E-state index contributed by atoms with van der Waals surface area (Å²) in [5, 5.41) is 4.09. The average molecular weight is 353 g/mol. The van der Waals surface area contributed by atoms with Gasteiger partial charge in [-0.1, -0.05) is 39.7 Å². The minimum absolute atomic E-state index is 0.604. The Kier molecular flexibility index (Phi) is 4.29. The van der Waals surface area contributed by atoms with Crippen molar-refractivity contribution in [2.75, 3.05) is 0 Å². The summed E-state index contributed by atoms with van der Waals surface area (Å²) < 4.78 is 6.75. The Labute approximate surface area is 132 Å². The van der Waals surface area contributed by atoms with Crippen LogP contribution in [0.15, 0.2) is 46.9 Å². The number of nitrogens with one attached hydrogen (secondary N) is 1. The van der Waals surface area contributed by atoms with Crippen molar-refractivity contribution in [3.63, 3.8) is 0 Å². The summed E-state index contributed by atoms with van der Waals surface area (Å²) in [6, 6.07) is 14.4. The van der Waals surface area contributed by atoms with E-state index >= 15 is 0 Å². The molecule has 0 bridgehead atoms. The molecule has 20 heavy (non-hydrogen) atoms. The van der Waals surface area contributed by atoms with E-state index in [-0.39, 0.29) is 0 Å². The zero-order valence-corrected chi connectivity index (χ0v) is 13.2. The number of rotatable bonds is 5. The maximum atomic E-state index is 6.11. The summed E-state index contributed by atoms with van der Waals surface area (Å²) >= 11 is 9.53. The van der Waals surface area contributed by atoms with E-state index in [1.807, 2.05) is 30.3 Å². The molecule has 1 saturated carbocycles. The van der Waals surface area contributed by atoms with Gasteiger partial charge in [0.2, 0.25) is 0 Å². The second-order valence-electron chi connectivity index (χ2n) is 4.98. The van der Waals surface area contributed by atoms with Gasteiger partial charge >= 0.3 is 0 Å². The summed E-state index contributed by atoms with van der Waals surface area (Å²) in [5.74, 6) is 1.45. The number of benzene rings is 2. The molecular formula is C16H15BrClNO. The molecule has 0 saturated heterocycles. The molecule has 2 aromatic carbocycles. The Bertz CT molecular complexity index is 596. The van der Waals surface area contributed by atoms with Crippen LogP contribution in [0.1, 0.15) is 18.4 Å². The predicted octanol–water partition coefficient (Wildman–Crippen LogP) is 5.15. The topological polar surface area (TPSA) is 21.3 Å². The third-order valence-corrected chi connectivity index (χ3v) is 4.02. The minimum atomic E-state index is 0.604. The zero-order valence-electron chi connectivity index (χ0n) is 10.9. The molecular weight excluding hydrogens is 338 g/mol. The lowest BCUT2D eigenvalue weighted by Crippen LogP contribution is -2.14. The quantitative estimate of drug-likeness (QED) is 0.804. The van der Waals surface area contributed by atoms with Crippen molar-refractivity contribution in [1.29, 1.82) is 0 Å². The molecule has 3 rings (SSSR count). The fraction of sp³-hybridized carbons (Fsp3) is 0.250. The van der Waals surface area contributed by atoms with Crippen LogP contribution in [0.4, 0.5) is 0 Å². The van der Waals surface area contributed by atoms with E-state index in [2.05, 4.69) is 33.4 Å². The number of halogens is 2. The lowest BCUT2D eigenvalue weighted by Gasteiger charge is -2.09. The van der Waals surface area contributed by atoms with Crippen LogP contribution in [0.2, 0.25) is 5.02 Å². The first-order chi connectivity index (χ1) is 9.70. The highest BCUT2D eigenvalue weighted by atomic mass is 79.9. The van der Waals surface area contributed by atoms with E-state index < -0.39 is 0 Å². The monoisotopic (exact) mass is 351 g/mol. The van der Waals surface area contributed by atoms with Gasteiger partial charge in [0.15, 0.2) is 0 Å². The molecule has 4 heteroatoms. The summed E-state index contributed by atoms with van der Waals surface area (Å²) in [4.78, 5) is 0. The SMILES string of the molecule is Clc1ccc(Br)cc1Oc1ccc(CNC2CC2)cc1. The second kappa shape index (κ2) is 6.17. The van der Waals surface area contributed by atoms with Crippen LogP contribution in [0, 0.1) is 0 Å². The van der Waals surface area contributed by atoms with Crippen LogP contribution in [0.25, 0.3) is 0 Å². The standard InChI is InChI=1S/C16H15BrClNO/c17-12-3-8-15(18)16(9-12)20-14-6-1-11(2-7-14)10-19-13-4-5-13/h1-3,6-9,13,19H,4-5,10H2. The van der Waals surface area contributed by atoms with Gasteiger partial charge in [0, 0.05) is 17.1 Å². The van der Waals surface area contributed by atoms with Gasteiger partial charge in [0.25, 0.3) is 0 Å². The van der Waals surface area contributed by atoms with Crippen LogP contribution in [-0.2, 0) is 6.54 Å². The van der Waals surface area contributed by atoms with E-state index in [1.165, 1.54) is 18.4 Å². The zero-order chi connectivity index (χ0) is 13.9. The van der Waals surface area contributed by atoms with Crippen LogP contribution >= 0.6 is 27.5 Å². The lowest BCUT2D eigenvalue weighted by molar-refractivity contribution is 0.482. The van der Waals surface area contributed by atoms with Crippen molar-refractivity contribution in [3.8, 4) is 11.5 Å². The average Bonchev–Trinajstić information content (AvgIpc) is 3.26. The summed E-state index contributed by atoms with van der Waals surface area (Å²) in [5.41, 5.74) is 1.27. The van der Waals surface area contributed by atoms with Crippen molar-refractivity contribution < 1.29 is 4.74 Å². The molecule has 1 N–H and O–H groups in total. The van der Waals surface area contributed by atoms with Gasteiger partial charge in [0.1, 0.15) is 11.5 Å². The Morgan fingerprint density at radius 3 is 2.60 bits per heavy atom. The first-order valence-corrected chi connectivity index (χ1v) is 7.83. The Balaban J connectivity index is 1.66.